The second kappa shape index (κ2) is 6.41. The average Bonchev–Trinajstić information content (AvgIpc) is 2.58. The van der Waals surface area contributed by atoms with Crippen LogP contribution in [0.4, 0.5) is 0 Å². The van der Waals surface area contributed by atoms with E-state index in [2.05, 4.69) is 5.10 Å². The fraction of sp³-hybridized carbons (Fsp3) is 0.688. The second-order valence-electron chi connectivity index (χ2n) is 6.25. The van der Waals surface area contributed by atoms with Gasteiger partial charge in [0, 0.05) is 39.9 Å². The topological polar surface area (TPSA) is 73.7 Å². The third kappa shape index (κ3) is 3.03. The number of nitrogens with zero attached hydrogens (tertiary/aromatic N) is 3. The first-order valence-electron chi connectivity index (χ1n) is 8.06. The predicted molar refractivity (Wildman–Crippen MR) is 83.3 cm³/mol. The maximum Gasteiger partial charge on any atom is 0.274 e. The van der Waals surface area contributed by atoms with Gasteiger partial charge in [0.15, 0.2) is 0 Å². The number of hydrogen-bond donors (Lipinski definition) is 0. The number of rotatable bonds is 2. The summed E-state index contributed by atoms with van der Waals surface area (Å²) in [7, 11) is 3.27. The molecule has 2 saturated heterocycles. The van der Waals surface area contributed by atoms with Gasteiger partial charge in [0.05, 0.1) is 11.7 Å². The van der Waals surface area contributed by atoms with Crippen LogP contribution in [0.2, 0.25) is 0 Å². The Kier molecular flexibility index (Phi) is 4.50. The van der Waals surface area contributed by atoms with Gasteiger partial charge in [-0.25, -0.2) is 4.68 Å². The molecular weight excluding hydrogens is 298 g/mol. The third-order valence-electron chi connectivity index (χ3n) is 4.95. The molecule has 2 fully saturated rings. The van der Waals surface area contributed by atoms with Gasteiger partial charge in [0.1, 0.15) is 5.69 Å². The van der Waals surface area contributed by atoms with E-state index < -0.39 is 0 Å². The lowest BCUT2D eigenvalue weighted by Crippen LogP contribution is -2.56. The molecule has 7 heteroatoms. The van der Waals surface area contributed by atoms with Gasteiger partial charge >= 0.3 is 0 Å². The molecule has 3 heterocycles. The van der Waals surface area contributed by atoms with E-state index in [1.165, 1.54) is 16.8 Å². The Bertz CT molecular complexity index is 634. The number of likely N-dealkylation sites (tertiary alicyclic amines) is 1. The number of ether oxygens (including phenoxy) is 2. The molecule has 2 aliphatic heterocycles. The lowest BCUT2D eigenvalue weighted by molar-refractivity contribution is -0.183. The molecule has 1 atom stereocenters. The minimum atomic E-state index is -0.263. The molecular formula is C16H23N3O4. The number of carbonyl (C=O) groups excluding carboxylic acids is 1. The summed E-state index contributed by atoms with van der Waals surface area (Å²) >= 11 is 0. The van der Waals surface area contributed by atoms with Gasteiger partial charge < -0.3 is 14.4 Å². The molecule has 1 spiro atoms. The zero-order valence-electron chi connectivity index (χ0n) is 13.7. The third-order valence-corrected chi connectivity index (χ3v) is 4.95. The lowest BCUT2D eigenvalue weighted by atomic mass is 9.82. The molecule has 0 aliphatic carbocycles. The van der Waals surface area contributed by atoms with Crippen molar-refractivity contribution in [3.05, 3.63) is 28.2 Å². The van der Waals surface area contributed by atoms with Crippen LogP contribution in [0, 0.1) is 0 Å². The van der Waals surface area contributed by atoms with Crippen molar-refractivity contribution in [2.24, 2.45) is 7.05 Å². The van der Waals surface area contributed by atoms with E-state index in [0.29, 0.717) is 18.8 Å². The number of carbonyl (C=O) groups is 1. The van der Waals surface area contributed by atoms with Crippen molar-refractivity contribution in [1.29, 1.82) is 0 Å². The van der Waals surface area contributed by atoms with Crippen LogP contribution < -0.4 is 5.56 Å². The van der Waals surface area contributed by atoms with Crippen LogP contribution in [-0.2, 0) is 16.5 Å². The molecule has 126 valence electrons. The van der Waals surface area contributed by atoms with Crippen LogP contribution in [0.5, 0.6) is 0 Å². The Morgan fingerprint density at radius 1 is 1.39 bits per heavy atom. The molecule has 0 N–H and O–H groups in total. The molecule has 1 aromatic rings. The Hall–Kier alpha value is -1.73. The van der Waals surface area contributed by atoms with Crippen molar-refractivity contribution in [1.82, 2.24) is 14.7 Å². The summed E-state index contributed by atoms with van der Waals surface area (Å²) in [5.74, 6) is -0.139. The summed E-state index contributed by atoms with van der Waals surface area (Å²) < 4.78 is 12.9. The van der Waals surface area contributed by atoms with E-state index in [1.807, 2.05) is 0 Å². The van der Waals surface area contributed by atoms with Gasteiger partial charge in [-0.1, -0.05) is 0 Å². The van der Waals surface area contributed by atoms with Crippen LogP contribution in [-0.4, -0.2) is 59.1 Å². The highest BCUT2D eigenvalue weighted by Gasteiger charge is 2.45. The highest BCUT2D eigenvalue weighted by atomic mass is 16.5. The maximum absolute atomic E-state index is 12.6. The van der Waals surface area contributed by atoms with Crippen molar-refractivity contribution in [3.8, 4) is 0 Å². The van der Waals surface area contributed by atoms with Crippen molar-refractivity contribution in [3.63, 3.8) is 0 Å². The Morgan fingerprint density at radius 2 is 2.13 bits per heavy atom. The fourth-order valence-corrected chi connectivity index (χ4v) is 3.57. The SMILES string of the molecule is COC1CCCOC12CCN(C(=O)c1ccc(=O)n(C)n1)CC2. The van der Waals surface area contributed by atoms with Crippen molar-refractivity contribution < 1.29 is 14.3 Å². The Morgan fingerprint density at radius 3 is 2.78 bits per heavy atom. The highest BCUT2D eigenvalue weighted by Crippen LogP contribution is 2.36. The molecule has 1 amide bonds. The first kappa shape index (κ1) is 16.1. The number of aromatic nitrogens is 2. The monoisotopic (exact) mass is 321 g/mol. The molecule has 0 saturated carbocycles. The van der Waals surface area contributed by atoms with E-state index in [4.69, 9.17) is 9.47 Å². The normalized spacial score (nSPS) is 23.9. The Labute approximate surface area is 135 Å². The van der Waals surface area contributed by atoms with Gasteiger partial charge in [0.2, 0.25) is 0 Å². The predicted octanol–water partition coefficient (Wildman–Crippen LogP) is 0.581. The first-order chi connectivity index (χ1) is 11.1. The molecule has 1 aromatic heterocycles. The molecule has 3 rings (SSSR count). The average molecular weight is 321 g/mol. The van der Waals surface area contributed by atoms with Gasteiger partial charge in [-0.2, -0.15) is 5.10 Å². The summed E-state index contributed by atoms with van der Waals surface area (Å²) in [4.78, 5) is 25.7. The van der Waals surface area contributed by atoms with E-state index >= 15 is 0 Å². The Balaban J connectivity index is 1.69. The van der Waals surface area contributed by atoms with Gasteiger partial charge in [-0.15, -0.1) is 0 Å². The molecule has 1 unspecified atom stereocenters. The number of hydrogen-bond acceptors (Lipinski definition) is 5. The van der Waals surface area contributed by atoms with Crippen molar-refractivity contribution in [2.75, 3.05) is 26.8 Å². The number of aryl methyl sites for hydroxylation is 1. The smallest absolute Gasteiger partial charge is 0.274 e. The zero-order valence-corrected chi connectivity index (χ0v) is 13.7. The van der Waals surface area contributed by atoms with E-state index in [0.717, 1.165) is 32.3 Å². The van der Waals surface area contributed by atoms with Crippen LogP contribution in [0.3, 0.4) is 0 Å². The van der Waals surface area contributed by atoms with E-state index in [1.54, 1.807) is 19.1 Å². The standard InChI is InChI=1S/C16H23N3O4/c1-18-14(20)6-5-12(17-18)15(21)19-9-7-16(8-10-19)13(22-2)4-3-11-23-16/h5-6,13H,3-4,7-11H2,1-2H3. The molecule has 0 aromatic carbocycles. The summed E-state index contributed by atoms with van der Waals surface area (Å²) in [5.41, 5.74) is -0.186. The molecule has 0 bridgehead atoms. The molecule has 0 radical (unpaired) electrons. The fourth-order valence-electron chi connectivity index (χ4n) is 3.57. The summed E-state index contributed by atoms with van der Waals surface area (Å²) in [6.07, 6.45) is 3.66. The van der Waals surface area contributed by atoms with Crippen LogP contribution >= 0.6 is 0 Å². The number of methoxy groups -OCH3 is 1. The summed E-state index contributed by atoms with van der Waals surface area (Å²) in [6.45, 7) is 1.99. The maximum atomic E-state index is 12.6. The lowest BCUT2D eigenvalue weighted by Gasteiger charge is -2.47. The van der Waals surface area contributed by atoms with E-state index in [9.17, 15) is 9.59 Å². The zero-order chi connectivity index (χ0) is 16.4. The minimum Gasteiger partial charge on any atom is -0.378 e. The van der Waals surface area contributed by atoms with Gasteiger partial charge in [-0.05, 0) is 31.7 Å². The number of piperidine rings is 1. The molecule has 2 aliphatic rings. The van der Waals surface area contributed by atoms with Gasteiger partial charge in [0.25, 0.3) is 11.5 Å². The second-order valence-corrected chi connectivity index (χ2v) is 6.25. The van der Waals surface area contributed by atoms with Crippen LogP contribution in [0.15, 0.2) is 16.9 Å². The summed E-state index contributed by atoms with van der Waals surface area (Å²) in [6, 6.07) is 2.86. The number of amides is 1. The van der Waals surface area contributed by atoms with Crippen molar-refractivity contribution >= 4 is 5.91 Å². The van der Waals surface area contributed by atoms with Crippen LogP contribution in [0.25, 0.3) is 0 Å². The largest absolute Gasteiger partial charge is 0.378 e. The molecule has 7 nitrogen and oxygen atoms in total. The van der Waals surface area contributed by atoms with Crippen molar-refractivity contribution in [2.45, 2.75) is 37.4 Å². The molecule has 23 heavy (non-hydrogen) atoms. The van der Waals surface area contributed by atoms with E-state index in [-0.39, 0.29) is 23.2 Å². The van der Waals surface area contributed by atoms with Crippen LogP contribution in [0.1, 0.15) is 36.2 Å². The summed E-state index contributed by atoms with van der Waals surface area (Å²) in [5, 5.41) is 4.04. The van der Waals surface area contributed by atoms with Gasteiger partial charge in [-0.3, -0.25) is 9.59 Å². The first-order valence-corrected chi connectivity index (χ1v) is 8.06. The minimum absolute atomic E-state index is 0.101. The highest BCUT2D eigenvalue weighted by molar-refractivity contribution is 5.92. The quantitative estimate of drug-likeness (QED) is 0.797.